The molecule has 0 atom stereocenters. The van der Waals surface area contributed by atoms with E-state index in [0.717, 1.165) is 0 Å². The fraction of sp³-hybridized carbons (Fsp3) is 0. The van der Waals surface area contributed by atoms with Crippen molar-refractivity contribution in [2.24, 2.45) is 0 Å². The van der Waals surface area contributed by atoms with Gasteiger partial charge in [0.2, 0.25) is 0 Å². The molecule has 0 amide bonds. The Balaban J connectivity index is 0.000000144. The summed E-state index contributed by atoms with van der Waals surface area (Å²) in [4.78, 5) is 32.1. The Morgan fingerprint density at radius 2 is 2.07 bits per heavy atom. The summed E-state index contributed by atoms with van der Waals surface area (Å²) in [6, 6.07) is 1.54. The van der Waals surface area contributed by atoms with Crippen LogP contribution in [0.3, 0.4) is 0 Å². The fourth-order valence-electron chi connectivity index (χ4n) is 1.03. The highest BCUT2D eigenvalue weighted by Crippen LogP contribution is 2.08. The van der Waals surface area contributed by atoms with Gasteiger partial charge in [0.05, 0.1) is 11.2 Å². The van der Waals surface area contributed by atoms with Crippen LogP contribution >= 0.6 is 11.3 Å². The van der Waals surface area contributed by atoms with E-state index in [-0.39, 0.29) is 5.69 Å². The van der Waals surface area contributed by atoms with Gasteiger partial charge in [-0.3, -0.25) is 19.6 Å². The summed E-state index contributed by atoms with van der Waals surface area (Å²) in [5.74, 6) is 0. The van der Waals surface area contributed by atoms with Crippen LogP contribution in [0.1, 0.15) is 0 Å². The lowest BCUT2D eigenvalue weighted by Gasteiger charge is -1.72. The minimum atomic E-state index is -0.710. The van der Waals surface area contributed by atoms with Gasteiger partial charge in [0.25, 0.3) is 5.43 Å². The summed E-state index contributed by atoms with van der Waals surface area (Å²) in [7, 11) is 0. The van der Waals surface area contributed by atoms with Gasteiger partial charge in [0.15, 0.2) is 0 Å². The van der Waals surface area contributed by atoms with E-state index in [4.69, 9.17) is 0 Å². The largest absolute Gasteiger partial charge is 0.320 e. The Labute approximate surface area is 88.1 Å². The number of hydrogen-bond donors (Lipinski definition) is 0. The van der Waals surface area contributed by atoms with Crippen LogP contribution in [0.4, 0.5) is 0 Å². The number of fused-ring (bicyclic) bond motifs is 1. The average Bonchev–Trinajstić information content (AvgIpc) is 2.91. The summed E-state index contributed by atoms with van der Waals surface area (Å²) in [5.41, 5.74) is 1.07. The van der Waals surface area contributed by atoms with Crippen LogP contribution in [0.5, 0.6) is 0 Å². The average molecular weight is 219 g/mol. The molecule has 0 fully saturated rings. The van der Waals surface area contributed by atoms with E-state index >= 15 is 0 Å². The third-order valence-electron chi connectivity index (χ3n) is 1.66. The van der Waals surface area contributed by atoms with Gasteiger partial charge in [-0.05, 0) is 6.07 Å². The predicted octanol–water partition coefficient (Wildman–Crippen LogP) is 0.321. The first-order valence-corrected chi connectivity index (χ1v) is 4.97. The predicted molar refractivity (Wildman–Crippen MR) is 55.7 cm³/mol. The van der Waals surface area contributed by atoms with Gasteiger partial charge in [0, 0.05) is 17.8 Å². The molecule has 2 aliphatic heterocycles. The van der Waals surface area contributed by atoms with Gasteiger partial charge in [-0.15, -0.1) is 11.3 Å². The summed E-state index contributed by atoms with van der Waals surface area (Å²) in [5, 5.41) is 1.93. The first-order valence-electron chi connectivity index (χ1n) is 4.03. The SMILES string of the molecule is O=c1nc2ccnc-2c1=O.c1cscn1. The Morgan fingerprint density at radius 1 is 1.20 bits per heavy atom. The van der Waals surface area contributed by atoms with E-state index < -0.39 is 11.0 Å². The molecule has 0 bridgehead atoms. The Morgan fingerprint density at radius 3 is 2.60 bits per heavy atom. The first-order chi connectivity index (χ1) is 7.29. The van der Waals surface area contributed by atoms with Crippen molar-refractivity contribution in [1.29, 1.82) is 0 Å². The first kappa shape index (κ1) is 9.60. The van der Waals surface area contributed by atoms with Gasteiger partial charge >= 0.3 is 5.56 Å². The van der Waals surface area contributed by atoms with E-state index in [1.807, 2.05) is 5.38 Å². The number of thiazole rings is 1. The van der Waals surface area contributed by atoms with Crippen molar-refractivity contribution in [3.05, 3.63) is 49.9 Å². The fourth-order valence-corrected chi connectivity index (χ4v) is 1.38. The van der Waals surface area contributed by atoms with Crippen molar-refractivity contribution >= 4 is 11.3 Å². The van der Waals surface area contributed by atoms with Crippen molar-refractivity contribution in [1.82, 2.24) is 15.0 Å². The second kappa shape index (κ2) is 4.05. The molecule has 15 heavy (non-hydrogen) atoms. The van der Waals surface area contributed by atoms with Crippen LogP contribution in [0.2, 0.25) is 0 Å². The van der Waals surface area contributed by atoms with E-state index in [1.165, 1.54) is 12.3 Å². The zero-order valence-corrected chi connectivity index (χ0v) is 8.27. The highest BCUT2D eigenvalue weighted by Gasteiger charge is 2.14. The molecule has 0 aliphatic carbocycles. The van der Waals surface area contributed by atoms with Crippen LogP contribution in [0, 0.1) is 0 Å². The maximum Gasteiger partial charge on any atom is 0.320 e. The van der Waals surface area contributed by atoms with Crippen molar-refractivity contribution < 1.29 is 0 Å². The van der Waals surface area contributed by atoms with Crippen LogP contribution in [-0.4, -0.2) is 15.0 Å². The lowest BCUT2D eigenvalue weighted by molar-refractivity contribution is 1.30. The molecule has 0 unspecified atom stereocenters. The summed E-state index contributed by atoms with van der Waals surface area (Å²) >= 11 is 1.60. The molecule has 0 aromatic carbocycles. The normalized spacial score (nSPS) is 9.87. The molecular weight excluding hydrogens is 214 g/mol. The van der Waals surface area contributed by atoms with Crippen molar-refractivity contribution in [2.45, 2.75) is 0 Å². The standard InChI is InChI=1S/C6H2N2O2.C3H3NS/c9-5-4-3(1-2-7-4)8-6(5)10;1-2-5-3-4-1/h1-2H;1-3H. The van der Waals surface area contributed by atoms with Gasteiger partial charge in [-0.2, -0.15) is 0 Å². The van der Waals surface area contributed by atoms with Gasteiger partial charge in [0.1, 0.15) is 5.69 Å². The Bertz CT molecular complexity index is 566. The second-order valence-electron chi connectivity index (χ2n) is 2.60. The maximum absolute atomic E-state index is 10.8. The molecular formula is C9H5N3O2S. The van der Waals surface area contributed by atoms with Crippen LogP contribution < -0.4 is 11.0 Å². The monoisotopic (exact) mass is 219 g/mol. The van der Waals surface area contributed by atoms with Crippen molar-refractivity contribution in [3.8, 4) is 11.4 Å². The second-order valence-corrected chi connectivity index (χ2v) is 3.36. The van der Waals surface area contributed by atoms with E-state index in [1.54, 1.807) is 23.0 Å². The lowest BCUT2D eigenvalue weighted by atomic mass is 10.4. The molecule has 0 saturated heterocycles. The number of hydrogen-bond acceptors (Lipinski definition) is 6. The van der Waals surface area contributed by atoms with E-state index in [9.17, 15) is 9.59 Å². The highest BCUT2D eigenvalue weighted by molar-refractivity contribution is 7.07. The quantitative estimate of drug-likeness (QED) is 0.509. The van der Waals surface area contributed by atoms with Crippen molar-refractivity contribution in [3.63, 3.8) is 0 Å². The molecule has 0 saturated carbocycles. The Kier molecular flexibility index (Phi) is 2.59. The molecule has 2 aliphatic rings. The van der Waals surface area contributed by atoms with Gasteiger partial charge in [-0.1, -0.05) is 0 Å². The van der Waals surface area contributed by atoms with E-state index in [2.05, 4.69) is 15.0 Å². The molecule has 1 aromatic rings. The lowest BCUT2D eigenvalue weighted by Crippen LogP contribution is -2.19. The van der Waals surface area contributed by atoms with Crippen molar-refractivity contribution in [2.75, 3.05) is 0 Å². The highest BCUT2D eigenvalue weighted by atomic mass is 32.1. The molecule has 74 valence electrons. The Hall–Kier alpha value is -1.95. The van der Waals surface area contributed by atoms with Gasteiger partial charge < -0.3 is 0 Å². The molecule has 3 rings (SSSR count). The zero-order valence-electron chi connectivity index (χ0n) is 7.45. The molecule has 1 aromatic heterocycles. The summed E-state index contributed by atoms with van der Waals surface area (Å²) < 4.78 is 0. The summed E-state index contributed by atoms with van der Waals surface area (Å²) in [6.07, 6.45) is 3.23. The summed E-state index contributed by atoms with van der Waals surface area (Å²) in [6.45, 7) is 0. The maximum atomic E-state index is 10.8. The third kappa shape index (κ3) is 1.94. The molecule has 0 N–H and O–H groups in total. The number of rotatable bonds is 0. The minimum absolute atomic E-state index is 0.185. The molecule has 5 nitrogen and oxygen atoms in total. The number of nitrogens with zero attached hydrogens (tertiary/aromatic N) is 3. The molecule has 0 spiro atoms. The smallest absolute Gasteiger partial charge is 0.281 e. The third-order valence-corrected chi connectivity index (χ3v) is 2.18. The minimum Gasteiger partial charge on any atom is -0.281 e. The number of aromatic nitrogens is 3. The van der Waals surface area contributed by atoms with Crippen LogP contribution in [-0.2, 0) is 0 Å². The van der Waals surface area contributed by atoms with Crippen LogP contribution in [0.15, 0.2) is 38.9 Å². The molecule has 3 heterocycles. The van der Waals surface area contributed by atoms with Gasteiger partial charge in [-0.25, -0.2) is 4.98 Å². The molecule has 6 heteroatoms. The van der Waals surface area contributed by atoms with E-state index in [0.29, 0.717) is 5.69 Å². The molecule has 0 radical (unpaired) electrons. The zero-order chi connectivity index (χ0) is 10.7. The van der Waals surface area contributed by atoms with Crippen LogP contribution in [0.25, 0.3) is 11.4 Å². The topological polar surface area (TPSA) is 72.8 Å².